The van der Waals surface area contributed by atoms with Crippen molar-refractivity contribution in [1.29, 1.82) is 0 Å². The molecule has 0 radical (unpaired) electrons. The lowest BCUT2D eigenvalue weighted by Gasteiger charge is -2.10. The highest BCUT2D eigenvalue weighted by molar-refractivity contribution is 9.10. The van der Waals surface area contributed by atoms with E-state index in [1.54, 1.807) is 18.2 Å². The molecule has 1 aromatic rings. The number of anilines is 1. The van der Waals surface area contributed by atoms with Crippen LogP contribution in [0.5, 0.6) is 0 Å². The van der Waals surface area contributed by atoms with E-state index in [0.717, 1.165) is 32.3 Å². The highest BCUT2D eigenvalue weighted by atomic mass is 79.9. The zero-order valence-corrected chi connectivity index (χ0v) is 12.3. The van der Waals surface area contributed by atoms with Crippen molar-refractivity contribution in [1.82, 2.24) is 0 Å². The predicted molar refractivity (Wildman–Crippen MR) is 77.0 cm³/mol. The van der Waals surface area contributed by atoms with Crippen LogP contribution in [-0.4, -0.2) is 25.3 Å². The molecular weight excluding hydrogens is 310 g/mol. The van der Waals surface area contributed by atoms with Gasteiger partial charge in [0, 0.05) is 12.3 Å². The van der Waals surface area contributed by atoms with Crippen LogP contribution in [0.1, 0.15) is 36.0 Å². The summed E-state index contributed by atoms with van der Waals surface area (Å²) in [6, 6.07) is 5.17. The molecule has 1 saturated heterocycles. The van der Waals surface area contributed by atoms with E-state index in [-0.39, 0.29) is 5.97 Å². The van der Waals surface area contributed by atoms with Crippen molar-refractivity contribution < 1.29 is 14.3 Å². The summed E-state index contributed by atoms with van der Waals surface area (Å²) in [7, 11) is 0. The van der Waals surface area contributed by atoms with Gasteiger partial charge >= 0.3 is 5.97 Å². The SMILES string of the molecule is Nc1cccc(C(=O)OCCCC2CCCO2)c1Br. The van der Waals surface area contributed by atoms with Gasteiger partial charge in [-0.1, -0.05) is 6.07 Å². The maximum atomic E-state index is 11.9. The number of nitrogens with two attached hydrogens (primary N) is 1. The molecular formula is C14H18BrNO3. The fourth-order valence-corrected chi connectivity index (χ4v) is 2.56. The number of hydrogen-bond acceptors (Lipinski definition) is 4. The molecule has 0 aromatic heterocycles. The molecule has 1 atom stereocenters. The fraction of sp³-hybridized carbons (Fsp3) is 0.500. The third-order valence-electron chi connectivity index (χ3n) is 3.18. The van der Waals surface area contributed by atoms with Gasteiger partial charge < -0.3 is 15.2 Å². The van der Waals surface area contributed by atoms with Crippen molar-refractivity contribution in [3.05, 3.63) is 28.2 Å². The zero-order valence-electron chi connectivity index (χ0n) is 10.7. The molecule has 1 aliphatic rings. The fourth-order valence-electron chi connectivity index (χ4n) is 2.13. The summed E-state index contributed by atoms with van der Waals surface area (Å²) < 4.78 is 11.4. The Balaban J connectivity index is 1.76. The van der Waals surface area contributed by atoms with Crippen LogP contribution in [0.15, 0.2) is 22.7 Å². The summed E-state index contributed by atoms with van der Waals surface area (Å²) in [6.07, 6.45) is 4.38. The second-order valence-corrected chi connectivity index (χ2v) is 5.41. The van der Waals surface area contributed by atoms with Crippen LogP contribution in [0.3, 0.4) is 0 Å². The third-order valence-corrected chi connectivity index (χ3v) is 4.06. The molecule has 0 saturated carbocycles. The van der Waals surface area contributed by atoms with E-state index in [1.807, 2.05) is 0 Å². The van der Waals surface area contributed by atoms with Crippen molar-refractivity contribution in [2.75, 3.05) is 18.9 Å². The maximum Gasteiger partial charge on any atom is 0.339 e. The highest BCUT2D eigenvalue weighted by Crippen LogP contribution is 2.24. The van der Waals surface area contributed by atoms with Crippen LogP contribution in [0.2, 0.25) is 0 Å². The van der Waals surface area contributed by atoms with E-state index in [1.165, 1.54) is 0 Å². The van der Waals surface area contributed by atoms with Gasteiger partial charge in [-0.2, -0.15) is 0 Å². The Morgan fingerprint density at radius 2 is 2.37 bits per heavy atom. The van der Waals surface area contributed by atoms with Crippen LogP contribution in [0.4, 0.5) is 5.69 Å². The molecule has 1 fully saturated rings. The van der Waals surface area contributed by atoms with Gasteiger partial charge in [-0.25, -0.2) is 4.79 Å². The van der Waals surface area contributed by atoms with E-state index >= 15 is 0 Å². The number of nitrogen functional groups attached to an aromatic ring is 1. The lowest BCUT2D eigenvalue weighted by Crippen LogP contribution is -2.11. The molecule has 1 aromatic carbocycles. The number of carbonyl (C=O) groups excluding carboxylic acids is 1. The van der Waals surface area contributed by atoms with Crippen molar-refractivity contribution in [2.24, 2.45) is 0 Å². The molecule has 0 aliphatic carbocycles. The summed E-state index contributed by atoms with van der Waals surface area (Å²) in [5.41, 5.74) is 6.73. The van der Waals surface area contributed by atoms with Crippen LogP contribution in [0.25, 0.3) is 0 Å². The molecule has 2 rings (SSSR count). The number of esters is 1. The molecule has 4 nitrogen and oxygen atoms in total. The minimum atomic E-state index is -0.341. The second-order valence-electron chi connectivity index (χ2n) is 4.62. The maximum absolute atomic E-state index is 11.9. The van der Waals surface area contributed by atoms with Crippen molar-refractivity contribution in [2.45, 2.75) is 31.8 Å². The highest BCUT2D eigenvalue weighted by Gasteiger charge is 2.16. The summed E-state index contributed by atoms with van der Waals surface area (Å²) in [5, 5.41) is 0. The van der Waals surface area contributed by atoms with Crippen LogP contribution in [-0.2, 0) is 9.47 Å². The molecule has 0 amide bonds. The van der Waals surface area contributed by atoms with Crippen LogP contribution in [0, 0.1) is 0 Å². The normalized spacial score (nSPS) is 18.5. The molecule has 0 bridgehead atoms. The predicted octanol–water partition coefficient (Wildman–Crippen LogP) is 3.15. The average molecular weight is 328 g/mol. The van der Waals surface area contributed by atoms with E-state index in [9.17, 15) is 4.79 Å². The smallest absolute Gasteiger partial charge is 0.339 e. The van der Waals surface area contributed by atoms with Gasteiger partial charge in [-0.05, 0) is 53.7 Å². The van der Waals surface area contributed by atoms with Crippen LogP contribution >= 0.6 is 15.9 Å². The monoisotopic (exact) mass is 327 g/mol. The first-order chi connectivity index (χ1) is 9.18. The topological polar surface area (TPSA) is 61.6 Å². The van der Waals surface area contributed by atoms with E-state index in [0.29, 0.717) is 28.4 Å². The summed E-state index contributed by atoms with van der Waals surface area (Å²) in [6.45, 7) is 1.28. The number of ether oxygens (including phenoxy) is 2. The standard InChI is InChI=1S/C14H18BrNO3/c15-13-11(6-1-7-12(13)16)14(17)19-9-3-5-10-4-2-8-18-10/h1,6-7,10H,2-5,8-9,16H2. The number of rotatable bonds is 5. The van der Waals surface area contributed by atoms with Crippen molar-refractivity contribution in [3.63, 3.8) is 0 Å². The number of hydrogen-bond donors (Lipinski definition) is 1. The Morgan fingerprint density at radius 3 is 3.11 bits per heavy atom. The number of benzene rings is 1. The lowest BCUT2D eigenvalue weighted by atomic mass is 10.1. The lowest BCUT2D eigenvalue weighted by molar-refractivity contribution is 0.0460. The first kappa shape index (κ1) is 14.3. The Labute approximate surface area is 121 Å². The Morgan fingerprint density at radius 1 is 1.53 bits per heavy atom. The third kappa shape index (κ3) is 3.94. The van der Waals surface area contributed by atoms with E-state index in [2.05, 4.69) is 15.9 Å². The van der Waals surface area contributed by atoms with Gasteiger partial charge in [0.25, 0.3) is 0 Å². The first-order valence-corrected chi connectivity index (χ1v) is 7.30. The molecule has 0 spiro atoms. The quantitative estimate of drug-likeness (QED) is 0.512. The average Bonchev–Trinajstić information content (AvgIpc) is 2.91. The molecule has 2 N–H and O–H groups in total. The molecule has 1 unspecified atom stereocenters. The van der Waals surface area contributed by atoms with Gasteiger partial charge in [0.1, 0.15) is 0 Å². The molecule has 19 heavy (non-hydrogen) atoms. The van der Waals surface area contributed by atoms with Gasteiger partial charge in [0.15, 0.2) is 0 Å². The summed E-state index contributed by atoms with van der Waals surface area (Å²) >= 11 is 3.30. The van der Waals surface area contributed by atoms with Crippen molar-refractivity contribution >= 4 is 27.6 Å². The number of halogens is 1. The van der Waals surface area contributed by atoms with E-state index in [4.69, 9.17) is 15.2 Å². The largest absolute Gasteiger partial charge is 0.462 e. The van der Waals surface area contributed by atoms with Crippen molar-refractivity contribution in [3.8, 4) is 0 Å². The van der Waals surface area contributed by atoms with E-state index < -0.39 is 0 Å². The van der Waals surface area contributed by atoms with Gasteiger partial charge in [-0.3, -0.25) is 0 Å². The van der Waals surface area contributed by atoms with Crippen LogP contribution < -0.4 is 5.73 Å². The molecule has 1 heterocycles. The minimum Gasteiger partial charge on any atom is -0.462 e. The second kappa shape index (κ2) is 6.91. The molecule has 104 valence electrons. The first-order valence-electron chi connectivity index (χ1n) is 6.51. The summed E-state index contributed by atoms with van der Waals surface area (Å²) in [5.74, 6) is -0.341. The van der Waals surface area contributed by atoms with Gasteiger partial charge in [-0.15, -0.1) is 0 Å². The number of carbonyl (C=O) groups is 1. The summed E-state index contributed by atoms with van der Waals surface area (Å²) in [4.78, 5) is 11.9. The Bertz CT molecular complexity index is 444. The molecule has 1 aliphatic heterocycles. The van der Waals surface area contributed by atoms with Gasteiger partial charge in [0.2, 0.25) is 0 Å². The Kier molecular flexibility index (Phi) is 5.22. The minimum absolute atomic E-state index is 0.341. The molecule has 5 heteroatoms. The van der Waals surface area contributed by atoms with Gasteiger partial charge in [0.05, 0.1) is 22.7 Å². The Hall–Kier alpha value is -1.07. The zero-order chi connectivity index (χ0) is 13.7.